The molecule has 0 radical (unpaired) electrons. The molecule has 0 bridgehead atoms. The number of thioether (sulfide) groups is 1. The Hall–Kier alpha value is -2.48. The van der Waals surface area contributed by atoms with E-state index in [4.69, 9.17) is 0 Å². The molecule has 5 nitrogen and oxygen atoms in total. The molecule has 0 saturated carbocycles. The van der Waals surface area contributed by atoms with Crippen LogP contribution in [-0.4, -0.2) is 50.0 Å². The summed E-state index contributed by atoms with van der Waals surface area (Å²) in [7, 11) is 0. The normalized spacial score (nSPS) is 14.9. The molecule has 140 valence electrons. The number of aromatic nitrogens is 3. The number of carbonyl (C=O) groups excluding carboxylic acids is 1. The predicted octanol–water partition coefficient (Wildman–Crippen LogP) is 3.83. The van der Waals surface area contributed by atoms with Gasteiger partial charge in [0.2, 0.25) is 0 Å². The maximum absolute atomic E-state index is 13.6. The second-order valence-corrected chi connectivity index (χ2v) is 7.66. The molecule has 8 heteroatoms. The van der Waals surface area contributed by atoms with E-state index in [9.17, 15) is 13.6 Å². The number of hydrogen-bond donors (Lipinski definition) is 0. The Bertz CT molecular complexity index is 981. The molecule has 1 aromatic carbocycles. The molecule has 1 amide bonds. The van der Waals surface area contributed by atoms with Crippen LogP contribution in [0.25, 0.3) is 16.9 Å². The molecule has 0 atom stereocenters. The molecule has 0 aliphatic carbocycles. The molecule has 1 aliphatic heterocycles. The van der Waals surface area contributed by atoms with E-state index in [-0.39, 0.29) is 22.8 Å². The van der Waals surface area contributed by atoms with Crippen LogP contribution in [0.2, 0.25) is 0 Å². The Balaban J connectivity index is 1.84. The van der Waals surface area contributed by atoms with Crippen LogP contribution in [0.1, 0.15) is 28.0 Å². The number of benzene rings is 1. The van der Waals surface area contributed by atoms with E-state index < -0.39 is 6.43 Å². The van der Waals surface area contributed by atoms with Gasteiger partial charge in [0, 0.05) is 30.2 Å². The molecule has 3 heterocycles. The third-order valence-electron chi connectivity index (χ3n) is 4.60. The molecule has 2 aromatic heterocycles. The maximum Gasteiger partial charge on any atom is 0.280 e. The van der Waals surface area contributed by atoms with E-state index >= 15 is 0 Å². The molecule has 3 aromatic rings. The lowest BCUT2D eigenvalue weighted by Crippen LogP contribution is -2.37. The Morgan fingerprint density at radius 1 is 1.19 bits per heavy atom. The monoisotopic (exact) mass is 388 g/mol. The fraction of sp³-hybridized carbons (Fsp3) is 0.316. The molecule has 1 fully saturated rings. The van der Waals surface area contributed by atoms with Gasteiger partial charge in [-0.15, -0.1) is 0 Å². The summed E-state index contributed by atoms with van der Waals surface area (Å²) in [4.78, 5) is 19.1. The van der Waals surface area contributed by atoms with Gasteiger partial charge in [-0.25, -0.2) is 18.3 Å². The lowest BCUT2D eigenvalue weighted by atomic mass is 10.1. The Morgan fingerprint density at radius 3 is 2.56 bits per heavy atom. The van der Waals surface area contributed by atoms with Crippen molar-refractivity contribution in [1.82, 2.24) is 19.5 Å². The first-order chi connectivity index (χ1) is 13.0. The van der Waals surface area contributed by atoms with Crippen LogP contribution in [0.4, 0.5) is 8.78 Å². The minimum atomic E-state index is -2.73. The van der Waals surface area contributed by atoms with Crippen LogP contribution in [0.5, 0.6) is 0 Å². The predicted molar refractivity (Wildman–Crippen MR) is 101 cm³/mol. The van der Waals surface area contributed by atoms with Crippen LogP contribution >= 0.6 is 11.8 Å². The van der Waals surface area contributed by atoms with Crippen molar-refractivity contribution in [1.29, 1.82) is 0 Å². The number of amides is 1. The van der Waals surface area contributed by atoms with Crippen molar-refractivity contribution in [3.8, 4) is 11.3 Å². The lowest BCUT2D eigenvalue weighted by molar-refractivity contribution is 0.0774. The standard InChI is InChI=1S/C19H18F2N4OS/c1-12-2-4-13(5-3-12)15-10-16(17(20)21)25-18(23-15)14(11-22-25)19(26)24-6-8-27-9-7-24/h2-5,10-11,17H,6-9H2,1H3. The summed E-state index contributed by atoms with van der Waals surface area (Å²) in [5.74, 6) is 1.53. The Labute approximate surface area is 159 Å². The van der Waals surface area contributed by atoms with Gasteiger partial charge >= 0.3 is 0 Å². The first-order valence-corrected chi connectivity index (χ1v) is 9.81. The molecule has 0 spiro atoms. The zero-order chi connectivity index (χ0) is 19.0. The summed E-state index contributed by atoms with van der Waals surface area (Å²) in [6, 6.07) is 8.81. The third kappa shape index (κ3) is 3.41. The molecule has 1 saturated heterocycles. The minimum Gasteiger partial charge on any atom is -0.337 e. The lowest BCUT2D eigenvalue weighted by Gasteiger charge is -2.25. The van der Waals surface area contributed by atoms with Crippen molar-refractivity contribution in [3.05, 3.63) is 53.3 Å². The molecular weight excluding hydrogens is 370 g/mol. The van der Waals surface area contributed by atoms with Crippen molar-refractivity contribution in [2.45, 2.75) is 13.3 Å². The van der Waals surface area contributed by atoms with Crippen molar-refractivity contribution >= 4 is 23.3 Å². The third-order valence-corrected chi connectivity index (χ3v) is 5.54. The summed E-state index contributed by atoms with van der Waals surface area (Å²) in [5, 5.41) is 4.03. The highest BCUT2D eigenvalue weighted by molar-refractivity contribution is 7.99. The summed E-state index contributed by atoms with van der Waals surface area (Å²) in [6.07, 6.45) is -1.38. The largest absolute Gasteiger partial charge is 0.337 e. The zero-order valence-electron chi connectivity index (χ0n) is 14.7. The van der Waals surface area contributed by atoms with Gasteiger partial charge in [-0.1, -0.05) is 29.8 Å². The minimum absolute atomic E-state index is 0.173. The molecule has 0 N–H and O–H groups in total. The van der Waals surface area contributed by atoms with Gasteiger partial charge in [-0.2, -0.15) is 16.9 Å². The average Bonchev–Trinajstić information content (AvgIpc) is 3.11. The van der Waals surface area contributed by atoms with E-state index in [2.05, 4.69) is 10.1 Å². The van der Waals surface area contributed by atoms with Gasteiger partial charge in [0.05, 0.1) is 11.9 Å². The first-order valence-electron chi connectivity index (χ1n) is 8.65. The smallest absolute Gasteiger partial charge is 0.280 e. The SMILES string of the molecule is Cc1ccc(-c2cc(C(F)F)n3ncc(C(=O)N4CCSCC4)c3n2)cc1. The highest BCUT2D eigenvalue weighted by Gasteiger charge is 2.25. The molecular formula is C19H18F2N4OS. The zero-order valence-corrected chi connectivity index (χ0v) is 15.5. The van der Waals surface area contributed by atoms with E-state index in [0.29, 0.717) is 18.8 Å². The summed E-state index contributed by atoms with van der Waals surface area (Å²) in [6.45, 7) is 3.23. The van der Waals surface area contributed by atoms with E-state index in [1.807, 2.05) is 31.2 Å². The van der Waals surface area contributed by atoms with E-state index in [0.717, 1.165) is 27.1 Å². The van der Waals surface area contributed by atoms with Crippen molar-refractivity contribution in [3.63, 3.8) is 0 Å². The Kier molecular flexibility index (Phi) is 4.82. The van der Waals surface area contributed by atoms with Crippen LogP contribution in [0, 0.1) is 6.92 Å². The fourth-order valence-corrected chi connectivity index (χ4v) is 4.00. The highest BCUT2D eigenvalue weighted by Crippen LogP contribution is 2.27. The quantitative estimate of drug-likeness (QED) is 0.684. The van der Waals surface area contributed by atoms with Crippen LogP contribution < -0.4 is 0 Å². The molecule has 4 rings (SSSR count). The number of aryl methyl sites for hydroxylation is 1. The fourth-order valence-electron chi connectivity index (χ4n) is 3.10. The number of alkyl halides is 2. The number of carbonyl (C=O) groups is 1. The van der Waals surface area contributed by atoms with Crippen LogP contribution in [0.3, 0.4) is 0 Å². The van der Waals surface area contributed by atoms with Crippen LogP contribution in [-0.2, 0) is 0 Å². The first kappa shape index (κ1) is 17.9. The van der Waals surface area contributed by atoms with Crippen LogP contribution in [0.15, 0.2) is 36.5 Å². The number of hydrogen-bond acceptors (Lipinski definition) is 4. The molecule has 0 unspecified atom stereocenters. The highest BCUT2D eigenvalue weighted by atomic mass is 32.2. The van der Waals surface area contributed by atoms with Gasteiger partial charge in [0.15, 0.2) is 5.65 Å². The topological polar surface area (TPSA) is 50.5 Å². The van der Waals surface area contributed by atoms with Gasteiger partial charge in [-0.3, -0.25) is 4.79 Å². The number of halogens is 2. The van der Waals surface area contributed by atoms with Crippen molar-refractivity contribution < 1.29 is 13.6 Å². The summed E-state index contributed by atoms with van der Waals surface area (Å²) >= 11 is 1.79. The van der Waals surface area contributed by atoms with Crippen molar-refractivity contribution in [2.75, 3.05) is 24.6 Å². The van der Waals surface area contributed by atoms with E-state index in [1.165, 1.54) is 12.3 Å². The molecule has 27 heavy (non-hydrogen) atoms. The van der Waals surface area contributed by atoms with Gasteiger partial charge in [0.25, 0.3) is 12.3 Å². The Morgan fingerprint density at radius 2 is 1.89 bits per heavy atom. The second kappa shape index (κ2) is 7.26. The van der Waals surface area contributed by atoms with E-state index in [1.54, 1.807) is 16.7 Å². The molecule has 1 aliphatic rings. The summed E-state index contributed by atoms with van der Waals surface area (Å²) in [5.41, 5.74) is 2.35. The average molecular weight is 388 g/mol. The number of nitrogens with zero attached hydrogens (tertiary/aromatic N) is 4. The van der Waals surface area contributed by atoms with Gasteiger partial charge in [-0.05, 0) is 13.0 Å². The van der Waals surface area contributed by atoms with Gasteiger partial charge < -0.3 is 4.90 Å². The van der Waals surface area contributed by atoms with Crippen molar-refractivity contribution in [2.24, 2.45) is 0 Å². The van der Waals surface area contributed by atoms with Gasteiger partial charge in [0.1, 0.15) is 11.3 Å². The second-order valence-electron chi connectivity index (χ2n) is 6.43. The number of fused-ring (bicyclic) bond motifs is 1. The number of rotatable bonds is 3. The maximum atomic E-state index is 13.6. The summed E-state index contributed by atoms with van der Waals surface area (Å²) < 4.78 is 28.3.